The van der Waals surface area contributed by atoms with Crippen molar-refractivity contribution in [1.29, 1.82) is 0 Å². The maximum atomic E-state index is 5.23. The Morgan fingerprint density at radius 1 is 0.550 bits per heavy atom. The largest absolute Gasteiger partial charge is 0.292 e. The number of fused-ring (bicyclic) bond motifs is 5. The van der Waals surface area contributed by atoms with E-state index >= 15 is 0 Å². The molecule has 40 heavy (non-hydrogen) atoms. The van der Waals surface area contributed by atoms with Gasteiger partial charge in [-0.05, 0) is 42.8 Å². The highest BCUT2D eigenvalue weighted by Crippen LogP contribution is 2.40. The minimum Gasteiger partial charge on any atom is -0.292 e. The minimum atomic E-state index is 0.286. The van der Waals surface area contributed by atoms with Crippen LogP contribution in [-0.2, 0) is 0 Å². The quantitative estimate of drug-likeness (QED) is 0.235. The van der Waals surface area contributed by atoms with Gasteiger partial charge >= 0.3 is 0 Å². The van der Waals surface area contributed by atoms with Crippen molar-refractivity contribution in [1.82, 2.24) is 19.1 Å². The highest BCUT2D eigenvalue weighted by atomic mass is 15.1. The first-order chi connectivity index (χ1) is 19.9. The Morgan fingerprint density at radius 3 is 1.85 bits per heavy atom. The fraction of sp³-hybridized carbons (Fsp3) is 0.0556. The second-order valence-corrected chi connectivity index (χ2v) is 10.2. The number of hydrogen-bond acceptors (Lipinski definition) is 2. The first-order valence-corrected chi connectivity index (χ1v) is 13.7. The molecule has 3 aromatic carbocycles. The Labute approximate surface area is 232 Å². The molecule has 4 aromatic heterocycles. The van der Waals surface area contributed by atoms with Crippen molar-refractivity contribution >= 4 is 32.8 Å². The topological polar surface area (TPSA) is 35.6 Å². The lowest BCUT2D eigenvalue weighted by molar-refractivity contribution is 0.808. The molecule has 0 saturated heterocycles. The summed E-state index contributed by atoms with van der Waals surface area (Å²) >= 11 is 0. The second-order valence-electron chi connectivity index (χ2n) is 10.2. The second kappa shape index (κ2) is 9.21. The van der Waals surface area contributed by atoms with Gasteiger partial charge in [0.05, 0.1) is 33.5 Å². The van der Waals surface area contributed by atoms with Gasteiger partial charge in [0.15, 0.2) is 0 Å². The predicted octanol–water partition coefficient (Wildman–Crippen LogP) is 8.78. The Kier molecular flexibility index (Phi) is 5.23. The fourth-order valence-electron chi connectivity index (χ4n) is 6.05. The van der Waals surface area contributed by atoms with Gasteiger partial charge in [-0.25, -0.2) is 9.97 Å². The van der Waals surface area contributed by atoms with Gasteiger partial charge in [0.25, 0.3) is 0 Å². The molecule has 1 unspecified atom stereocenters. The number of benzene rings is 3. The average Bonchev–Trinajstić information content (AvgIpc) is 3.55. The number of para-hydroxylation sites is 2. The summed E-state index contributed by atoms with van der Waals surface area (Å²) < 4.78 is 4.64. The summed E-state index contributed by atoms with van der Waals surface area (Å²) in [4.78, 5) is 10.4. The lowest BCUT2D eigenvalue weighted by atomic mass is 9.97. The molecule has 4 nitrogen and oxygen atoms in total. The third kappa shape index (κ3) is 3.53. The van der Waals surface area contributed by atoms with Crippen LogP contribution in [0, 0.1) is 0 Å². The molecule has 0 fully saturated rings. The van der Waals surface area contributed by atoms with Gasteiger partial charge in [0.2, 0.25) is 0 Å². The van der Waals surface area contributed by atoms with Gasteiger partial charge in [-0.15, -0.1) is 0 Å². The normalized spacial score (nSPS) is 14.9. The van der Waals surface area contributed by atoms with E-state index in [1.54, 1.807) is 0 Å². The Hall–Kier alpha value is -5.22. The molecule has 1 aliphatic carbocycles. The summed E-state index contributed by atoms with van der Waals surface area (Å²) in [6, 6.07) is 40.3. The number of allylic oxidation sites excluding steroid dienone is 4. The predicted molar refractivity (Wildman–Crippen MR) is 164 cm³/mol. The van der Waals surface area contributed by atoms with E-state index in [4.69, 9.17) is 9.97 Å². The summed E-state index contributed by atoms with van der Waals surface area (Å²) in [5.74, 6) is 2.12. The lowest BCUT2D eigenvalue weighted by Gasteiger charge is -2.14. The van der Waals surface area contributed by atoms with Crippen LogP contribution in [0.2, 0.25) is 0 Å². The fourth-order valence-corrected chi connectivity index (χ4v) is 6.05. The summed E-state index contributed by atoms with van der Waals surface area (Å²) in [7, 11) is 0. The monoisotopic (exact) mass is 514 g/mol. The third-order valence-corrected chi connectivity index (χ3v) is 7.85. The van der Waals surface area contributed by atoms with Gasteiger partial charge in [-0.1, -0.05) is 103 Å². The van der Waals surface area contributed by atoms with Crippen molar-refractivity contribution in [3.8, 4) is 22.9 Å². The van der Waals surface area contributed by atoms with Crippen molar-refractivity contribution in [3.05, 3.63) is 145 Å². The molecule has 0 saturated carbocycles. The molecule has 0 aliphatic heterocycles. The zero-order valence-corrected chi connectivity index (χ0v) is 21.9. The smallest absolute Gasteiger partial charge is 0.138 e. The van der Waals surface area contributed by atoms with E-state index in [1.807, 2.05) is 6.07 Å². The van der Waals surface area contributed by atoms with Gasteiger partial charge in [-0.3, -0.25) is 9.13 Å². The van der Waals surface area contributed by atoms with Gasteiger partial charge in [0, 0.05) is 22.3 Å². The Bertz CT molecular complexity index is 2090. The summed E-state index contributed by atoms with van der Waals surface area (Å²) in [5, 5.41) is 2.35. The minimum absolute atomic E-state index is 0.286. The molecule has 8 rings (SSSR count). The molecule has 0 radical (unpaired) electrons. The number of rotatable bonds is 4. The maximum absolute atomic E-state index is 5.23. The molecule has 0 bridgehead atoms. The molecule has 4 heterocycles. The molecule has 7 aromatic rings. The highest BCUT2D eigenvalue weighted by molar-refractivity contribution is 6.19. The van der Waals surface area contributed by atoms with Crippen LogP contribution in [0.1, 0.15) is 18.0 Å². The van der Waals surface area contributed by atoms with Crippen molar-refractivity contribution in [3.63, 3.8) is 0 Å². The SMILES string of the molecule is C1=CCC(c2cccc(-n3c4ccccc4c4c3c3ccccc3n4-c3cccc(-c4ccccc4)n3)n2)C=C1. The van der Waals surface area contributed by atoms with Crippen LogP contribution in [0.4, 0.5) is 0 Å². The number of aromatic nitrogens is 4. The summed E-state index contributed by atoms with van der Waals surface area (Å²) in [6.45, 7) is 0. The van der Waals surface area contributed by atoms with E-state index in [0.29, 0.717) is 0 Å². The molecule has 0 N–H and O–H groups in total. The average molecular weight is 515 g/mol. The summed E-state index contributed by atoms with van der Waals surface area (Å²) in [5.41, 5.74) is 7.69. The summed E-state index contributed by atoms with van der Waals surface area (Å²) in [6.07, 6.45) is 9.66. The van der Waals surface area contributed by atoms with Crippen LogP contribution in [-0.4, -0.2) is 19.1 Å². The number of nitrogens with zero attached hydrogens (tertiary/aromatic N) is 4. The lowest BCUT2D eigenvalue weighted by Crippen LogP contribution is -2.04. The van der Waals surface area contributed by atoms with Crippen LogP contribution in [0.3, 0.4) is 0 Å². The van der Waals surface area contributed by atoms with Crippen LogP contribution >= 0.6 is 0 Å². The molecular weight excluding hydrogens is 488 g/mol. The Morgan fingerprint density at radius 2 is 1.18 bits per heavy atom. The van der Waals surface area contributed by atoms with Gasteiger partial charge in [0.1, 0.15) is 11.6 Å². The van der Waals surface area contributed by atoms with E-state index < -0.39 is 0 Å². The molecular formula is C36H26N4. The van der Waals surface area contributed by atoms with Crippen LogP contribution in [0.15, 0.2) is 140 Å². The van der Waals surface area contributed by atoms with E-state index in [2.05, 4.69) is 143 Å². The van der Waals surface area contributed by atoms with E-state index in [-0.39, 0.29) is 5.92 Å². The zero-order chi connectivity index (χ0) is 26.5. The van der Waals surface area contributed by atoms with Crippen LogP contribution in [0.25, 0.3) is 55.7 Å². The molecule has 1 aliphatic rings. The molecule has 1 atom stereocenters. The van der Waals surface area contributed by atoms with Crippen LogP contribution < -0.4 is 0 Å². The molecule has 0 spiro atoms. The van der Waals surface area contributed by atoms with Gasteiger partial charge < -0.3 is 0 Å². The first-order valence-electron chi connectivity index (χ1n) is 13.7. The molecule has 0 amide bonds. The van der Waals surface area contributed by atoms with E-state index in [9.17, 15) is 0 Å². The molecule has 4 heteroatoms. The van der Waals surface area contributed by atoms with E-state index in [0.717, 1.165) is 57.1 Å². The zero-order valence-electron chi connectivity index (χ0n) is 21.9. The van der Waals surface area contributed by atoms with Gasteiger partial charge in [-0.2, -0.15) is 0 Å². The standard InChI is InChI=1S/C36H26N4/c1-3-13-25(14-4-1)29-19-11-23-33(37-29)39-31-21-9-7-17-27(31)36-35(39)28-18-8-10-22-32(28)40(36)34-24-12-20-30(38-34)26-15-5-2-6-16-26/h1-15,17-24,26H,16H2. The number of pyridine rings is 2. The highest BCUT2D eigenvalue weighted by Gasteiger charge is 2.23. The third-order valence-electron chi connectivity index (χ3n) is 7.85. The molecule has 190 valence electrons. The van der Waals surface area contributed by atoms with Crippen LogP contribution in [0.5, 0.6) is 0 Å². The van der Waals surface area contributed by atoms with Crippen molar-refractivity contribution in [2.75, 3.05) is 0 Å². The maximum Gasteiger partial charge on any atom is 0.138 e. The number of hydrogen-bond donors (Lipinski definition) is 0. The van der Waals surface area contributed by atoms with Crippen molar-refractivity contribution < 1.29 is 0 Å². The van der Waals surface area contributed by atoms with Crippen molar-refractivity contribution in [2.24, 2.45) is 0 Å². The van der Waals surface area contributed by atoms with E-state index in [1.165, 1.54) is 10.8 Å². The Balaban J connectivity index is 1.43. The van der Waals surface area contributed by atoms with Crippen molar-refractivity contribution in [2.45, 2.75) is 12.3 Å². The first kappa shape index (κ1) is 22.7.